The predicted octanol–water partition coefficient (Wildman–Crippen LogP) is 1.80. The number of oxazole rings is 1. The molecule has 1 aliphatic rings. The van der Waals surface area contributed by atoms with Crippen LogP contribution in [-0.2, 0) is 17.6 Å². The topological polar surface area (TPSA) is 47.3 Å². The van der Waals surface area contributed by atoms with Crippen LogP contribution >= 0.6 is 0 Å². The molecule has 0 aromatic carbocycles. The van der Waals surface area contributed by atoms with Gasteiger partial charge in [0.05, 0.1) is 6.20 Å². The van der Waals surface area contributed by atoms with Crippen molar-refractivity contribution in [1.82, 2.24) is 10.3 Å². The van der Waals surface area contributed by atoms with E-state index in [-0.39, 0.29) is 0 Å². The van der Waals surface area contributed by atoms with E-state index >= 15 is 0 Å². The van der Waals surface area contributed by atoms with E-state index in [1.165, 1.54) is 12.8 Å². The fraction of sp³-hybridized carbons (Fsp3) is 0.769. The standard InChI is InChI=1S/C13H22N2O2/c1-14-6-2-5-12-9-15-13(17-12)8-11-4-3-7-16-10-11/h9,11,14H,2-8,10H2,1H3. The molecular formula is C13H22N2O2. The summed E-state index contributed by atoms with van der Waals surface area (Å²) in [6.07, 6.45) is 7.26. The average Bonchev–Trinajstić information content (AvgIpc) is 2.79. The van der Waals surface area contributed by atoms with Crippen molar-refractivity contribution in [3.05, 3.63) is 17.8 Å². The van der Waals surface area contributed by atoms with Gasteiger partial charge in [-0.1, -0.05) is 0 Å². The minimum Gasteiger partial charge on any atom is -0.446 e. The highest BCUT2D eigenvalue weighted by Gasteiger charge is 2.17. The SMILES string of the molecule is CNCCCc1cnc(CC2CCCOC2)o1. The number of hydrogen-bond acceptors (Lipinski definition) is 4. The van der Waals surface area contributed by atoms with E-state index in [2.05, 4.69) is 10.3 Å². The van der Waals surface area contributed by atoms with Crippen molar-refractivity contribution in [1.29, 1.82) is 0 Å². The molecule has 1 atom stereocenters. The van der Waals surface area contributed by atoms with Crippen molar-refractivity contribution < 1.29 is 9.15 Å². The van der Waals surface area contributed by atoms with Crippen molar-refractivity contribution in [2.24, 2.45) is 5.92 Å². The van der Waals surface area contributed by atoms with Crippen LogP contribution in [0.25, 0.3) is 0 Å². The Bertz CT molecular complexity index is 319. The van der Waals surface area contributed by atoms with E-state index in [1.54, 1.807) is 0 Å². The van der Waals surface area contributed by atoms with Crippen LogP contribution in [0.2, 0.25) is 0 Å². The Morgan fingerprint density at radius 2 is 2.47 bits per heavy atom. The monoisotopic (exact) mass is 238 g/mol. The summed E-state index contributed by atoms with van der Waals surface area (Å²) in [6.45, 7) is 2.79. The zero-order valence-corrected chi connectivity index (χ0v) is 10.6. The molecule has 1 fully saturated rings. The average molecular weight is 238 g/mol. The van der Waals surface area contributed by atoms with E-state index in [4.69, 9.17) is 9.15 Å². The summed E-state index contributed by atoms with van der Waals surface area (Å²) in [5.41, 5.74) is 0. The molecule has 0 amide bonds. The highest BCUT2D eigenvalue weighted by Crippen LogP contribution is 2.19. The van der Waals surface area contributed by atoms with Gasteiger partial charge < -0.3 is 14.5 Å². The normalized spacial score (nSPS) is 20.6. The summed E-state index contributed by atoms with van der Waals surface area (Å²) < 4.78 is 11.2. The number of aromatic nitrogens is 1. The van der Waals surface area contributed by atoms with Gasteiger partial charge in [0.1, 0.15) is 5.76 Å². The van der Waals surface area contributed by atoms with Crippen molar-refractivity contribution in [3.63, 3.8) is 0 Å². The van der Waals surface area contributed by atoms with Gasteiger partial charge in [-0.3, -0.25) is 0 Å². The van der Waals surface area contributed by atoms with E-state index < -0.39 is 0 Å². The lowest BCUT2D eigenvalue weighted by Crippen LogP contribution is -2.19. The predicted molar refractivity (Wildman–Crippen MR) is 66.0 cm³/mol. The molecule has 1 N–H and O–H groups in total. The Morgan fingerprint density at radius 1 is 1.53 bits per heavy atom. The third-order valence-corrected chi connectivity index (χ3v) is 3.17. The number of ether oxygens (including phenoxy) is 1. The maximum atomic E-state index is 5.74. The second-order valence-electron chi connectivity index (χ2n) is 4.71. The van der Waals surface area contributed by atoms with Gasteiger partial charge in [0, 0.05) is 26.1 Å². The summed E-state index contributed by atoms with van der Waals surface area (Å²) in [7, 11) is 1.97. The Hall–Kier alpha value is -0.870. The molecule has 4 heteroatoms. The first-order valence-electron chi connectivity index (χ1n) is 6.54. The first-order chi connectivity index (χ1) is 8.38. The molecule has 4 nitrogen and oxygen atoms in total. The molecule has 2 rings (SSSR count). The third-order valence-electron chi connectivity index (χ3n) is 3.17. The number of nitrogens with zero attached hydrogens (tertiary/aromatic N) is 1. The van der Waals surface area contributed by atoms with Crippen LogP contribution in [0, 0.1) is 5.92 Å². The third kappa shape index (κ3) is 4.13. The summed E-state index contributed by atoms with van der Waals surface area (Å²) in [5, 5.41) is 3.13. The maximum absolute atomic E-state index is 5.74. The molecule has 0 spiro atoms. The second kappa shape index (κ2) is 6.77. The van der Waals surface area contributed by atoms with E-state index in [1.807, 2.05) is 13.2 Å². The van der Waals surface area contributed by atoms with Gasteiger partial charge in [-0.05, 0) is 38.8 Å². The molecule has 0 aliphatic carbocycles. The van der Waals surface area contributed by atoms with Gasteiger partial charge in [-0.2, -0.15) is 0 Å². The second-order valence-corrected chi connectivity index (χ2v) is 4.71. The number of rotatable bonds is 6. The largest absolute Gasteiger partial charge is 0.446 e. The molecule has 1 aromatic rings. The lowest BCUT2D eigenvalue weighted by Gasteiger charge is -2.20. The molecule has 1 aliphatic heterocycles. The highest BCUT2D eigenvalue weighted by molar-refractivity contribution is 4.95. The fourth-order valence-corrected chi connectivity index (χ4v) is 2.21. The van der Waals surface area contributed by atoms with E-state index in [0.717, 1.165) is 50.7 Å². The highest BCUT2D eigenvalue weighted by atomic mass is 16.5. The summed E-state index contributed by atoms with van der Waals surface area (Å²) in [6, 6.07) is 0. The van der Waals surface area contributed by atoms with Crippen LogP contribution in [0.5, 0.6) is 0 Å². The van der Waals surface area contributed by atoms with Gasteiger partial charge in [-0.15, -0.1) is 0 Å². The molecule has 0 radical (unpaired) electrons. The first-order valence-corrected chi connectivity index (χ1v) is 6.54. The van der Waals surface area contributed by atoms with Gasteiger partial charge in [0.15, 0.2) is 5.89 Å². The molecular weight excluding hydrogens is 216 g/mol. The lowest BCUT2D eigenvalue weighted by atomic mass is 9.99. The minimum absolute atomic E-state index is 0.590. The van der Waals surface area contributed by atoms with Crippen LogP contribution in [0.3, 0.4) is 0 Å². The van der Waals surface area contributed by atoms with Crippen LogP contribution in [-0.4, -0.2) is 31.8 Å². The molecule has 1 saturated heterocycles. The van der Waals surface area contributed by atoms with Gasteiger partial charge in [0.2, 0.25) is 0 Å². The summed E-state index contributed by atoms with van der Waals surface area (Å²) in [5.74, 6) is 2.47. The van der Waals surface area contributed by atoms with E-state index in [0.29, 0.717) is 5.92 Å². The van der Waals surface area contributed by atoms with Crippen LogP contribution < -0.4 is 5.32 Å². The zero-order chi connectivity index (χ0) is 11.9. The molecule has 0 saturated carbocycles. The maximum Gasteiger partial charge on any atom is 0.194 e. The zero-order valence-electron chi connectivity index (χ0n) is 10.6. The van der Waals surface area contributed by atoms with E-state index in [9.17, 15) is 0 Å². The molecule has 17 heavy (non-hydrogen) atoms. The minimum atomic E-state index is 0.590. The van der Waals surface area contributed by atoms with Crippen molar-refractivity contribution in [2.45, 2.75) is 32.1 Å². The van der Waals surface area contributed by atoms with Gasteiger partial charge in [0.25, 0.3) is 0 Å². The summed E-state index contributed by atoms with van der Waals surface area (Å²) >= 11 is 0. The van der Waals surface area contributed by atoms with Gasteiger partial charge in [-0.25, -0.2) is 4.98 Å². The van der Waals surface area contributed by atoms with Crippen molar-refractivity contribution >= 4 is 0 Å². The molecule has 2 heterocycles. The lowest BCUT2D eigenvalue weighted by molar-refractivity contribution is 0.0525. The quantitative estimate of drug-likeness (QED) is 0.768. The first kappa shape index (κ1) is 12.6. The van der Waals surface area contributed by atoms with Gasteiger partial charge >= 0.3 is 0 Å². The number of hydrogen-bond donors (Lipinski definition) is 1. The molecule has 0 bridgehead atoms. The van der Waals surface area contributed by atoms with Crippen molar-refractivity contribution in [2.75, 3.05) is 26.8 Å². The van der Waals surface area contributed by atoms with Crippen LogP contribution in [0.1, 0.15) is 30.9 Å². The number of nitrogens with one attached hydrogen (secondary N) is 1. The fourth-order valence-electron chi connectivity index (χ4n) is 2.21. The summed E-state index contributed by atoms with van der Waals surface area (Å²) in [4.78, 5) is 4.35. The molecule has 1 aromatic heterocycles. The Balaban J connectivity index is 1.76. The Morgan fingerprint density at radius 3 is 3.24 bits per heavy atom. The van der Waals surface area contributed by atoms with Crippen molar-refractivity contribution in [3.8, 4) is 0 Å². The number of aryl methyl sites for hydroxylation is 1. The van der Waals surface area contributed by atoms with Crippen LogP contribution in [0.4, 0.5) is 0 Å². The Kier molecular flexibility index (Phi) is 5.01. The Labute approximate surface area is 103 Å². The smallest absolute Gasteiger partial charge is 0.194 e. The molecule has 96 valence electrons. The van der Waals surface area contributed by atoms with Crippen LogP contribution in [0.15, 0.2) is 10.6 Å². The molecule has 1 unspecified atom stereocenters.